The average Bonchev–Trinajstić information content (AvgIpc) is 2.27. The summed E-state index contributed by atoms with van der Waals surface area (Å²) in [6.07, 6.45) is 0. The van der Waals surface area contributed by atoms with Crippen LogP contribution in [0.25, 0.3) is 0 Å². The molecule has 7 heteroatoms. The molecular weight excluding hydrogens is 237 g/mol. The van der Waals surface area contributed by atoms with Gasteiger partial charge in [-0.1, -0.05) is 6.07 Å². The summed E-state index contributed by atoms with van der Waals surface area (Å²) >= 11 is 0. The van der Waals surface area contributed by atoms with Crippen molar-refractivity contribution in [2.45, 2.75) is 0 Å². The van der Waals surface area contributed by atoms with Crippen LogP contribution < -0.4 is 16.2 Å². The smallest absolute Gasteiger partial charge is 0.226 e. The Morgan fingerprint density at radius 3 is 2.72 bits per heavy atom. The van der Waals surface area contributed by atoms with Crippen molar-refractivity contribution in [3.05, 3.63) is 35.6 Å². The van der Waals surface area contributed by atoms with Crippen molar-refractivity contribution >= 4 is 11.8 Å². The lowest BCUT2D eigenvalue weighted by Gasteiger charge is -2.07. The molecular formula is C11H8FN5O. The Kier molecular flexibility index (Phi) is 2.93. The summed E-state index contributed by atoms with van der Waals surface area (Å²) in [5.41, 5.74) is 10.6. The first kappa shape index (κ1) is 11.6. The van der Waals surface area contributed by atoms with Crippen LogP contribution in [0, 0.1) is 17.1 Å². The third kappa shape index (κ3) is 2.27. The van der Waals surface area contributed by atoms with E-state index >= 15 is 0 Å². The molecule has 0 aliphatic carbocycles. The van der Waals surface area contributed by atoms with Gasteiger partial charge in [-0.15, -0.1) is 0 Å². The highest BCUT2D eigenvalue weighted by atomic mass is 19.1. The molecule has 0 aliphatic heterocycles. The second-order valence-corrected chi connectivity index (χ2v) is 3.32. The van der Waals surface area contributed by atoms with Crippen molar-refractivity contribution in [2.24, 2.45) is 0 Å². The highest BCUT2D eigenvalue weighted by molar-refractivity contribution is 5.47. The molecule has 0 aliphatic rings. The van der Waals surface area contributed by atoms with E-state index in [1.165, 1.54) is 18.2 Å². The van der Waals surface area contributed by atoms with Crippen LogP contribution in [-0.2, 0) is 0 Å². The van der Waals surface area contributed by atoms with Gasteiger partial charge in [0.25, 0.3) is 0 Å². The zero-order valence-electron chi connectivity index (χ0n) is 9.09. The molecule has 4 N–H and O–H groups in total. The van der Waals surface area contributed by atoms with E-state index in [1.807, 2.05) is 0 Å². The second-order valence-electron chi connectivity index (χ2n) is 3.32. The number of anilines is 2. The van der Waals surface area contributed by atoms with Crippen LogP contribution in [0.15, 0.2) is 24.3 Å². The maximum absolute atomic E-state index is 13.3. The maximum atomic E-state index is 13.3. The van der Waals surface area contributed by atoms with Gasteiger partial charge in [-0.3, -0.25) is 0 Å². The topological polar surface area (TPSA) is 111 Å². The first-order chi connectivity index (χ1) is 8.60. The van der Waals surface area contributed by atoms with Crippen LogP contribution in [0.4, 0.5) is 16.2 Å². The molecule has 18 heavy (non-hydrogen) atoms. The molecule has 0 radical (unpaired) electrons. The van der Waals surface area contributed by atoms with Crippen LogP contribution in [0.1, 0.15) is 5.56 Å². The molecule has 6 nitrogen and oxygen atoms in total. The maximum Gasteiger partial charge on any atom is 0.226 e. The molecule has 0 spiro atoms. The summed E-state index contributed by atoms with van der Waals surface area (Å²) in [6, 6.07) is 7.05. The number of hydrogen-bond donors (Lipinski definition) is 2. The number of ether oxygens (including phenoxy) is 1. The summed E-state index contributed by atoms with van der Waals surface area (Å²) in [7, 11) is 0. The van der Waals surface area contributed by atoms with Gasteiger partial charge < -0.3 is 16.2 Å². The monoisotopic (exact) mass is 245 g/mol. The standard InChI is InChI=1S/C11H8FN5O/c12-7-2-1-3-8(6(7)5-13)18-10-4-9(14)16-11(15)17-10/h1-4H,(H4,14,15,16,17). The predicted octanol–water partition coefficient (Wildman–Crippen LogP) is 1.44. The third-order valence-corrected chi connectivity index (χ3v) is 2.04. The number of nitrogens with two attached hydrogens (primary N) is 2. The van der Waals surface area contributed by atoms with E-state index in [4.69, 9.17) is 21.5 Å². The van der Waals surface area contributed by atoms with E-state index in [1.54, 1.807) is 6.07 Å². The predicted molar refractivity (Wildman–Crippen MR) is 62.0 cm³/mol. The molecule has 2 aromatic rings. The summed E-state index contributed by atoms with van der Waals surface area (Å²) < 4.78 is 18.6. The first-order valence-electron chi connectivity index (χ1n) is 4.86. The molecule has 0 amide bonds. The number of nitrogen functional groups attached to an aromatic ring is 2. The zero-order valence-corrected chi connectivity index (χ0v) is 9.09. The fourth-order valence-corrected chi connectivity index (χ4v) is 1.32. The number of aromatic nitrogens is 2. The van der Waals surface area contributed by atoms with Crippen LogP contribution in [0.3, 0.4) is 0 Å². The highest BCUT2D eigenvalue weighted by Crippen LogP contribution is 2.26. The van der Waals surface area contributed by atoms with Gasteiger partial charge in [0.05, 0.1) is 0 Å². The van der Waals surface area contributed by atoms with Crippen molar-refractivity contribution in [1.29, 1.82) is 5.26 Å². The van der Waals surface area contributed by atoms with Crippen LogP contribution in [-0.4, -0.2) is 9.97 Å². The quantitative estimate of drug-likeness (QED) is 0.828. The van der Waals surface area contributed by atoms with Crippen molar-refractivity contribution < 1.29 is 9.13 Å². The van der Waals surface area contributed by atoms with Crippen molar-refractivity contribution in [3.63, 3.8) is 0 Å². The molecule has 0 unspecified atom stereocenters. The molecule has 90 valence electrons. The van der Waals surface area contributed by atoms with E-state index in [-0.39, 0.29) is 29.0 Å². The Bertz CT molecular complexity index is 618. The molecule has 0 saturated carbocycles. The fraction of sp³-hybridized carbons (Fsp3) is 0. The Labute approximate surface area is 102 Å². The van der Waals surface area contributed by atoms with Gasteiger partial charge >= 0.3 is 0 Å². The minimum Gasteiger partial charge on any atom is -0.437 e. The van der Waals surface area contributed by atoms with Gasteiger partial charge in [-0.2, -0.15) is 15.2 Å². The Balaban J connectivity index is 2.40. The van der Waals surface area contributed by atoms with E-state index in [0.717, 1.165) is 6.07 Å². The van der Waals surface area contributed by atoms with Crippen LogP contribution >= 0.6 is 0 Å². The Hall–Kier alpha value is -2.88. The minimum absolute atomic E-state index is 0.0370. The lowest BCUT2D eigenvalue weighted by Crippen LogP contribution is -2.01. The first-order valence-corrected chi connectivity index (χ1v) is 4.86. The van der Waals surface area contributed by atoms with Crippen LogP contribution in [0.5, 0.6) is 11.6 Å². The molecule has 2 rings (SSSR count). The van der Waals surface area contributed by atoms with Crippen molar-refractivity contribution in [2.75, 3.05) is 11.5 Å². The molecule has 1 heterocycles. The van der Waals surface area contributed by atoms with Gasteiger partial charge in [0.15, 0.2) is 0 Å². The van der Waals surface area contributed by atoms with Gasteiger partial charge in [-0.25, -0.2) is 4.39 Å². The Morgan fingerprint density at radius 2 is 2.06 bits per heavy atom. The summed E-state index contributed by atoms with van der Waals surface area (Å²) in [6.45, 7) is 0. The lowest BCUT2D eigenvalue weighted by atomic mass is 10.2. The third-order valence-electron chi connectivity index (χ3n) is 2.04. The molecule has 1 aromatic heterocycles. The summed E-state index contributed by atoms with van der Waals surface area (Å²) in [5, 5.41) is 8.83. The van der Waals surface area contributed by atoms with E-state index in [0.29, 0.717) is 0 Å². The molecule has 0 fully saturated rings. The number of rotatable bonds is 2. The number of hydrogen-bond acceptors (Lipinski definition) is 6. The highest BCUT2D eigenvalue weighted by Gasteiger charge is 2.11. The lowest BCUT2D eigenvalue weighted by molar-refractivity contribution is 0.456. The SMILES string of the molecule is N#Cc1c(F)cccc1Oc1cc(N)nc(N)n1. The van der Waals surface area contributed by atoms with Gasteiger partial charge in [0.1, 0.15) is 29.0 Å². The van der Waals surface area contributed by atoms with E-state index in [2.05, 4.69) is 9.97 Å². The Morgan fingerprint density at radius 1 is 1.28 bits per heavy atom. The van der Waals surface area contributed by atoms with Crippen molar-refractivity contribution in [1.82, 2.24) is 9.97 Å². The van der Waals surface area contributed by atoms with Gasteiger partial charge in [0, 0.05) is 6.07 Å². The van der Waals surface area contributed by atoms with E-state index < -0.39 is 5.82 Å². The zero-order chi connectivity index (χ0) is 13.1. The molecule has 0 saturated heterocycles. The molecule has 0 bridgehead atoms. The largest absolute Gasteiger partial charge is 0.437 e. The summed E-state index contributed by atoms with van der Waals surface area (Å²) in [4.78, 5) is 7.43. The minimum atomic E-state index is -0.676. The van der Waals surface area contributed by atoms with Crippen molar-refractivity contribution in [3.8, 4) is 17.7 Å². The fourth-order valence-electron chi connectivity index (χ4n) is 1.32. The van der Waals surface area contributed by atoms with Crippen LogP contribution in [0.2, 0.25) is 0 Å². The number of benzene rings is 1. The molecule has 0 atom stereocenters. The number of halogens is 1. The number of nitrogens with zero attached hydrogens (tertiary/aromatic N) is 3. The van der Waals surface area contributed by atoms with Gasteiger partial charge in [-0.05, 0) is 12.1 Å². The summed E-state index contributed by atoms with van der Waals surface area (Å²) in [5.74, 6) is -0.547. The second kappa shape index (κ2) is 4.55. The number of nitriles is 1. The van der Waals surface area contributed by atoms with Gasteiger partial charge in [0.2, 0.25) is 11.8 Å². The average molecular weight is 245 g/mol. The van der Waals surface area contributed by atoms with E-state index in [9.17, 15) is 4.39 Å². The molecule has 1 aromatic carbocycles. The normalized spacial score (nSPS) is 9.78.